The molecule has 0 bridgehead atoms. The van der Waals surface area contributed by atoms with Crippen molar-refractivity contribution in [2.75, 3.05) is 0 Å². The van der Waals surface area contributed by atoms with E-state index >= 15 is 0 Å². The van der Waals surface area contributed by atoms with Crippen LogP contribution in [0, 0.1) is 5.92 Å². The van der Waals surface area contributed by atoms with Crippen LogP contribution < -0.4 is 0 Å². The molecule has 5 atom stereocenters. The number of allylic oxidation sites excluding steroid dienone is 2. The van der Waals surface area contributed by atoms with Crippen LogP contribution in [-0.2, 0) is 33.4 Å². The molecule has 1 saturated heterocycles. The Morgan fingerprint density at radius 2 is 1.87 bits per heavy atom. The van der Waals surface area contributed by atoms with Crippen molar-refractivity contribution in [3.05, 3.63) is 46.6 Å². The van der Waals surface area contributed by atoms with Gasteiger partial charge in [-0.1, -0.05) is 12.7 Å². The van der Waals surface area contributed by atoms with E-state index in [1.54, 1.807) is 26.8 Å². The maximum absolute atomic E-state index is 12.8. The van der Waals surface area contributed by atoms with E-state index in [2.05, 4.69) is 6.58 Å². The molecule has 160 valence electrons. The lowest BCUT2D eigenvalue weighted by Crippen LogP contribution is -2.50. The summed E-state index contributed by atoms with van der Waals surface area (Å²) in [5.41, 5.74) is -1.24. The summed E-state index contributed by atoms with van der Waals surface area (Å²) in [5.74, 6) is -3.68. The third-order valence-electron chi connectivity index (χ3n) is 5.98. The van der Waals surface area contributed by atoms with Crippen LogP contribution in [0.15, 0.2) is 46.6 Å². The number of carbonyl (C=O) groups is 4. The maximum atomic E-state index is 12.8. The molecule has 0 aromatic rings. The second-order valence-electron chi connectivity index (χ2n) is 7.76. The molecule has 0 spiro atoms. The number of hydrogen-bond donors (Lipinski definition) is 1. The summed E-state index contributed by atoms with van der Waals surface area (Å²) in [4.78, 5) is 49.6. The van der Waals surface area contributed by atoms with Crippen LogP contribution in [0.3, 0.4) is 0 Å². The quantitative estimate of drug-likeness (QED) is 0.418. The van der Waals surface area contributed by atoms with Gasteiger partial charge in [0.05, 0.1) is 5.92 Å². The van der Waals surface area contributed by atoms with Crippen LogP contribution in [0.1, 0.15) is 34.6 Å². The third-order valence-corrected chi connectivity index (χ3v) is 5.98. The Labute approximate surface area is 173 Å². The van der Waals surface area contributed by atoms with Crippen molar-refractivity contribution in [2.45, 2.75) is 58.5 Å². The van der Waals surface area contributed by atoms with Crippen LogP contribution in [0.25, 0.3) is 0 Å². The zero-order valence-corrected chi connectivity index (χ0v) is 17.5. The lowest BCUT2D eigenvalue weighted by molar-refractivity contribution is -0.168. The summed E-state index contributed by atoms with van der Waals surface area (Å²) in [6.45, 7) is 11.2. The summed E-state index contributed by atoms with van der Waals surface area (Å²) in [5, 5.41) is 11.6. The monoisotopic (exact) mass is 416 g/mol. The number of hydrogen-bond acceptors (Lipinski definition) is 8. The van der Waals surface area contributed by atoms with E-state index in [9.17, 15) is 24.3 Å². The highest BCUT2D eigenvalue weighted by atomic mass is 16.6. The molecule has 3 rings (SSSR count). The minimum atomic E-state index is -1.95. The maximum Gasteiger partial charge on any atom is 0.334 e. The third kappa shape index (κ3) is 3.02. The summed E-state index contributed by atoms with van der Waals surface area (Å²) >= 11 is 0. The fraction of sp³-hybridized carbons (Fsp3) is 0.455. The number of rotatable bonds is 3. The summed E-state index contributed by atoms with van der Waals surface area (Å²) in [7, 11) is 0. The predicted octanol–water partition coefficient (Wildman–Crippen LogP) is 1.48. The van der Waals surface area contributed by atoms with E-state index < -0.39 is 53.5 Å². The van der Waals surface area contributed by atoms with Gasteiger partial charge in [-0.25, -0.2) is 9.59 Å². The summed E-state index contributed by atoms with van der Waals surface area (Å²) < 4.78 is 16.5. The van der Waals surface area contributed by atoms with Crippen LogP contribution in [0.5, 0.6) is 0 Å². The normalized spacial score (nSPS) is 33.5. The molecule has 0 aromatic carbocycles. The number of aliphatic hydroxyl groups is 1. The Morgan fingerprint density at radius 1 is 1.23 bits per heavy atom. The van der Waals surface area contributed by atoms with Gasteiger partial charge in [0.15, 0.2) is 23.6 Å². The first-order chi connectivity index (χ1) is 13.9. The van der Waals surface area contributed by atoms with E-state index in [1.807, 2.05) is 0 Å². The highest BCUT2D eigenvalue weighted by molar-refractivity contribution is 6.11. The number of fused-ring (bicyclic) bond motifs is 3. The molecule has 1 aliphatic heterocycles. The summed E-state index contributed by atoms with van der Waals surface area (Å²) in [6, 6.07) is 0. The lowest BCUT2D eigenvalue weighted by atomic mass is 9.78. The first-order valence-corrected chi connectivity index (χ1v) is 9.52. The Balaban J connectivity index is 2.26. The molecule has 1 N–H and O–H groups in total. The molecular weight excluding hydrogens is 392 g/mol. The molecule has 2 aliphatic carbocycles. The Morgan fingerprint density at radius 3 is 2.43 bits per heavy atom. The molecule has 8 nitrogen and oxygen atoms in total. The van der Waals surface area contributed by atoms with Crippen LogP contribution in [0.2, 0.25) is 0 Å². The Kier molecular flexibility index (Phi) is 5.32. The van der Waals surface area contributed by atoms with Crippen molar-refractivity contribution >= 4 is 23.7 Å². The van der Waals surface area contributed by atoms with E-state index in [0.717, 1.165) is 0 Å². The van der Waals surface area contributed by atoms with E-state index in [1.165, 1.54) is 19.9 Å². The van der Waals surface area contributed by atoms with E-state index in [4.69, 9.17) is 14.2 Å². The first-order valence-electron chi connectivity index (χ1n) is 9.52. The Hall–Kier alpha value is -3.00. The van der Waals surface area contributed by atoms with Crippen LogP contribution in [0.4, 0.5) is 0 Å². The predicted molar refractivity (Wildman–Crippen MR) is 104 cm³/mol. The number of esters is 3. The van der Waals surface area contributed by atoms with E-state index in [-0.39, 0.29) is 22.3 Å². The minimum absolute atomic E-state index is 0.0373. The lowest BCUT2D eigenvalue weighted by Gasteiger charge is -2.35. The van der Waals surface area contributed by atoms with Crippen molar-refractivity contribution in [1.29, 1.82) is 0 Å². The molecule has 30 heavy (non-hydrogen) atoms. The van der Waals surface area contributed by atoms with Gasteiger partial charge in [0, 0.05) is 23.6 Å². The molecule has 0 radical (unpaired) electrons. The van der Waals surface area contributed by atoms with Gasteiger partial charge in [-0.05, 0) is 44.9 Å². The van der Waals surface area contributed by atoms with Crippen molar-refractivity contribution in [2.24, 2.45) is 5.92 Å². The largest absolute Gasteiger partial charge is 0.457 e. The zero-order valence-electron chi connectivity index (χ0n) is 17.5. The van der Waals surface area contributed by atoms with Gasteiger partial charge in [-0.15, -0.1) is 0 Å². The van der Waals surface area contributed by atoms with Gasteiger partial charge in [-0.2, -0.15) is 0 Å². The van der Waals surface area contributed by atoms with Crippen LogP contribution in [-0.4, -0.2) is 52.7 Å². The number of ketones is 1. The topological polar surface area (TPSA) is 116 Å². The van der Waals surface area contributed by atoms with Gasteiger partial charge < -0.3 is 19.3 Å². The minimum Gasteiger partial charge on any atom is -0.457 e. The molecular formula is C22H24O8. The van der Waals surface area contributed by atoms with Gasteiger partial charge in [0.2, 0.25) is 0 Å². The molecule has 3 aliphatic rings. The average Bonchev–Trinajstić information content (AvgIpc) is 3.07. The highest BCUT2D eigenvalue weighted by Gasteiger charge is 2.64. The fourth-order valence-corrected chi connectivity index (χ4v) is 4.31. The van der Waals surface area contributed by atoms with Gasteiger partial charge in [0.25, 0.3) is 0 Å². The second kappa shape index (κ2) is 7.36. The van der Waals surface area contributed by atoms with E-state index in [0.29, 0.717) is 5.57 Å². The number of carbonyl (C=O) groups excluding carboxylic acids is 4. The molecule has 0 amide bonds. The molecule has 1 fully saturated rings. The molecule has 0 saturated carbocycles. The standard InChI is InChI=1S/C22H24O8/c1-7-9(2)20(25)29-17-12(5)16-14(24)8-10(3)22(16,27)19-15(11(4)21(26)30-19)18(17)28-13(6)23/h7-8,15,17-19,27H,4H2,1-3,5-6H3/b9-7-/t15-,17-,18-,19+,22-/m1/s1. The average molecular weight is 416 g/mol. The first kappa shape index (κ1) is 21.7. The van der Waals surface area contributed by atoms with Gasteiger partial charge in [-0.3, -0.25) is 9.59 Å². The molecule has 0 unspecified atom stereocenters. The molecule has 8 heteroatoms. The van der Waals surface area contributed by atoms with Crippen molar-refractivity contribution in [3.8, 4) is 0 Å². The SMILES string of the molecule is C=C1C(=O)O[C@H]2[C@H]1[C@@H](OC(C)=O)[C@H](OC(=O)/C(C)=C\C)C(C)=C1C(=O)C=C(C)[C@@]12O. The Bertz CT molecular complexity index is 966. The molecule has 1 heterocycles. The summed E-state index contributed by atoms with van der Waals surface area (Å²) in [6.07, 6.45) is -0.909. The van der Waals surface area contributed by atoms with Crippen molar-refractivity contribution < 1.29 is 38.5 Å². The second-order valence-corrected chi connectivity index (χ2v) is 7.76. The van der Waals surface area contributed by atoms with Crippen LogP contribution >= 0.6 is 0 Å². The van der Waals surface area contributed by atoms with Gasteiger partial charge >= 0.3 is 17.9 Å². The highest BCUT2D eigenvalue weighted by Crippen LogP contribution is 2.51. The fourth-order valence-electron chi connectivity index (χ4n) is 4.31. The smallest absolute Gasteiger partial charge is 0.334 e. The van der Waals surface area contributed by atoms with Crippen molar-refractivity contribution in [1.82, 2.24) is 0 Å². The molecule has 0 aromatic heterocycles. The zero-order chi connectivity index (χ0) is 22.5. The van der Waals surface area contributed by atoms with Gasteiger partial charge in [0.1, 0.15) is 6.10 Å². The van der Waals surface area contributed by atoms with Crippen molar-refractivity contribution in [3.63, 3.8) is 0 Å². The number of ether oxygens (including phenoxy) is 3.